The summed E-state index contributed by atoms with van der Waals surface area (Å²) in [6.45, 7) is 3.69. The normalized spacial score (nSPS) is 33.7. The Kier molecular flexibility index (Phi) is 3.53. The molecule has 1 aliphatic carbocycles. The first kappa shape index (κ1) is 12.8. The summed E-state index contributed by atoms with van der Waals surface area (Å²) in [7, 11) is 0. The molecule has 0 amide bonds. The van der Waals surface area contributed by atoms with E-state index in [4.69, 9.17) is 0 Å². The number of fused-ring (bicyclic) bond motifs is 2. The highest BCUT2D eigenvalue weighted by Crippen LogP contribution is 2.37. The van der Waals surface area contributed by atoms with Crippen molar-refractivity contribution in [2.45, 2.75) is 50.6 Å². The van der Waals surface area contributed by atoms with E-state index in [9.17, 15) is 0 Å². The number of nitrogens with one attached hydrogen (secondary N) is 1. The molecule has 3 atom stereocenters. The lowest BCUT2D eigenvalue weighted by Crippen LogP contribution is -2.42. The zero-order valence-electron chi connectivity index (χ0n) is 12.4. The minimum absolute atomic E-state index is 0.556. The maximum Gasteiger partial charge on any atom is 0.0452 e. The van der Waals surface area contributed by atoms with Gasteiger partial charge in [-0.05, 0) is 55.8 Å². The summed E-state index contributed by atoms with van der Waals surface area (Å²) in [6.07, 6.45) is 8.48. The van der Waals surface area contributed by atoms with Gasteiger partial charge in [-0.3, -0.25) is 4.90 Å². The summed E-state index contributed by atoms with van der Waals surface area (Å²) >= 11 is 0. The number of rotatable bonds is 2. The molecule has 1 aromatic rings. The first-order valence-corrected chi connectivity index (χ1v) is 8.47. The van der Waals surface area contributed by atoms with E-state index in [1.54, 1.807) is 11.1 Å². The second-order valence-electron chi connectivity index (χ2n) is 6.85. The second-order valence-corrected chi connectivity index (χ2v) is 6.85. The van der Waals surface area contributed by atoms with E-state index < -0.39 is 0 Å². The molecule has 0 spiro atoms. The van der Waals surface area contributed by atoms with Crippen LogP contribution in [0.15, 0.2) is 24.3 Å². The zero-order chi connectivity index (χ0) is 13.4. The van der Waals surface area contributed by atoms with Gasteiger partial charge in [0.25, 0.3) is 0 Å². The van der Waals surface area contributed by atoms with Crippen molar-refractivity contribution in [3.63, 3.8) is 0 Å². The Morgan fingerprint density at radius 3 is 3.00 bits per heavy atom. The summed E-state index contributed by atoms with van der Waals surface area (Å²) in [4.78, 5) is 2.80. The van der Waals surface area contributed by atoms with Crippen LogP contribution in [0.25, 0.3) is 0 Å². The molecule has 4 rings (SSSR count). The van der Waals surface area contributed by atoms with Gasteiger partial charge >= 0.3 is 0 Å². The van der Waals surface area contributed by atoms with Gasteiger partial charge in [0.15, 0.2) is 0 Å². The molecule has 2 fully saturated rings. The van der Waals surface area contributed by atoms with Crippen LogP contribution in [-0.2, 0) is 6.42 Å². The topological polar surface area (TPSA) is 15.3 Å². The molecule has 3 unspecified atom stereocenters. The van der Waals surface area contributed by atoms with Gasteiger partial charge in [0.2, 0.25) is 0 Å². The summed E-state index contributed by atoms with van der Waals surface area (Å²) in [5.41, 5.74) is 3.12. The highest BCUT2D eigenvalue weighted by Gasteiger charge is 2.36. The fraction of sp³-hybridized carbons (Fsp3) is 0.667. The Morgan fingerprint density at radius 1 is 1.10 bits per heavy atom. The molecule has 1 saturated heterocycles. The monoisotopic (exact) mass is 270 g/mol. The molecule has 20 heavy (non-hydrogen) atoms. The summed E-state index contributed by atoms with van der Waals surface area (Å²) in [5, 5.41) is 3.76. The molecule has 2 heteroatoms. The highest BCUT2D eigenvalue weighted by molar-refractivity contribution is 5.32. The van der Waals surface area contributed by atoms with Crippen molar-refractivity contribution in [1.82, 2.24) is 10.2 Å². The van der Waals surface area contributed by atoms with Crippen LogP contribution in [0.5, 0.6) is 0 Å². The highest BCUT2D eigenvalue weighted by atomic mass is 15.2. The minimum atomic E-state index is 0.556. The van der Waals surface area contributed by atoms with Crippen molar-refractivity contribution >= 4 is 0 Å². The number of nitrogens with zero attached hydrogens (tertiary/aromatic N) is 1. The van der Waals surface area contributed by atoms with Gasteiger partial charge in [-0.25, -0.2) is 0 Å². The lowest BCUT2D eigenvalue weighted by Gasteiger charge is -2.36. The summed E-state index contributed by atoms with van der Waals surface area (Å²) < 4.78 is 0. The van der Waals surface area contributed by atoms with Gasteiger partial charge in [0.1, 0.15) is 0 Å². The molecule has 1 aromatic carbocycles. The van der Waals surface area contributed by atoms with E-state index in [1.807, 2.05) is 0 Å². The Hall–Kier alpha value is -0.860. The van der Waals surface area contributed by atoms with E-state index in [0.29, 0.717) is 6.04 Å². The van der Waals surface area contributed by atoms with Crippen molar-refractivity contribution in [2.75, 3.05) is 19.6 Å². The predicted octanol–water partition coefficient (Wildman–Crippen LogP) is 3.14. The zero-order valence-corrected chi connectivity index (χ0v) is 12.4. The average Bonchev–Trinajstić information content (AvgIpc) is 2.91. The van der Waals surface area contributed by atoms with Gasteiger partial charge in [0.05, 0.1) is 0 Å². The first-order valence-electron chi connectivity index (χ1n) is 8.47. The molecule has 0 aromatic heterocycles. The Balaban J connectivity index is 1.50. The van der Waals surface area contributed by atoms with Crippen molar-refractivity contribution in [3.05, 3.63) is 35.4 Å². The fourth-order valence-corrected chi connectivity index (χ4v) is 4.72. The van der Waals surface area contributed by atoms with Gasteiger partial charge in [-0.1, -0.05) is 37.1 Å². The van der Waals surface area contributed by atoms with Crippen LogP contribution in [0, 0.1) is 5.92 Å². The fourth-order valence-electron chi connectivity index (χ4n) is 4.72. The summed E-state index contributed by atoms with van der Waals surface area (Å²) in [5.74, 6) is 1.00. The Labute approximate surface area is 122 Å². The van der Waals surface area contributed by atoms with E-state index in [2.05, 4.69) is 34.5 Å². The quantitative estimate of drug-likeness (QED) is 0.888. The van der Waals surface area contributed by atoms with Crippen LogP contribution in [0.1, 0.15) is 49.3 Å². The Bertz CT molecular complexity index is 470. The van der Waals surface area contributed by atoms with E-state index >= 15 is 0 Å². The van der Waals surface area contributed by atoms with Crippen molar-refractivity contribution in [1.29, 1.82) is 0 Å². The van der Waals surface area contributed by atoms with E-state index in [1.165, 1.54) is 51.6 Å². The molecule has 2 nitrogen and oxygen atoms in total. The predicted molar refractivity (Wildman–Crippen MR) is 82.8 cm³/mol. The van der Waals surface area contributed by atoms with Crippen molar-refractivity contribution in [2.24, 2.45) is 5.92 Å². The molecule has 2 heterocycles. The van der Waals surface area contributed by atoms with Gasteiger partial charge < -0.3 is 5.32 Å². The molecule has 3 aliphatic rings. The molecule has 1 N–H and O–H groups in total. The number of benzene rings is 1. The smallest absolute Gasteiger partial charge is 0.0452 e. The van der Waals surface area contributed by atoms with Gasteiger partial charge in [0, 0.05) is 18.6 Å². The number of hydrogen-bond donors (Lipinski definition) is 1. The lowest BCUT2D eigenvalue weighted by atomic mass is 9.85. The van der Waals surface area contributed by atoms with E-state index in [0.717, 1.165) is 18.5 Å². The van der Waals surface area contributed by atoms with Crippen LogP contribution in [-0.4, -0.2) is 30.6 Å². The third-order valence-corrected chi connectivity index (χ3v) is 5.76. The largest absolute Gasteiger partial charge is 0.309 e. The molecular weight excluding hydrogens is 244 g/mol. The van der Waals surface area contributed by atoms with Crippen LogP contribution < -0.4 is 5.32 Å². The second kappa shape index (κ2) is 5.50. The van der Waals surface area contributed by atoms with Crippen molar-refractivity contribution in [3.8, 4) is 0 Å². The number of hydrogen-bond acceptors (Lipinski definition) is 2. The molecule has 108 valence electrons. The van der Waals surface area contributed by atoms with Crippen LogP contribution >= 0.6 is 0 Å². The maximum absolute atomic E-state index is 3.76. The SMILES string of the molecule is c1ccc2c(c1)CCNC2CN1CCC2CCCCC21. The standard InChI is InChI=1S/C18H26N2/c1-3-7-16-14(5-1)9-11-19-17(16)13-20-12-10-15-6-2-4-8-18(15)20/h1,3,5,7,15,17-19H,2,4,6,8-13H2. The summed E-state index contributed by atoms with van der Waals surface area (Å²) in [6, 6.07) is 10.5. The maximum atomic E-state index is 3.76. The van der Waals surface area contributed by atoms with Gasteiger partial charge in [-0.15, -0.1) is 0 Å². The number of likely N-dealkylation sites (tertiary alicyclic amines) is 1. The minimum Gasteiger partial charge on any atom is -0.309 e. The molecule has 2 aliphatic heterocycles. The average molecular weight is 270 g/mol. The lowest BCUT2D eigenvalue weighted by molar-refractivity contribution is 0.165. The van der Waals surface area contributed by atoms with Crippen LogP contribution in [0.4, 0.5) is 0 Å². The Morgan fingerprint density at radius 2 is 2.00 bits per heavy atom. The third kappa shape index (κ3) is 2.29. The molecular formula is C18H26N2. The van der Waals surface area contributed by atoms with Crippen LogP contribution in [0.2, 0.25) is 0 Å². The molecule has 0 bridgehead atoms. The van der Waals surface area contributed by atoms with Gasteiger partial charge in [-0.2, -0.15) is 0 Å². The third-order valence-electron chi connectivity index (χ3n) is 5.76. The van der Waals surface area contributed by atoms with E-state index in [-0.39, 0.29) is 0 Å². The molecule has 0 radical (unpaired) electrons. The molecule has 1 saturated carbocycles. The van der Waals surface area contributed by atoms with Crippen molar-refractivity contribution < 1.29 is 0 Å². The van der Waals surface area contributed by atoms with Crippen LogP contribution in [0.3, 0.4) is 0 Å². The first-order chi connectivity index (χ1) is 9.92.